The smallest absolute Gasteiger partial charge is 0.227 e. The van der Waals surface area contributed by atoms with Crippen LogP contribution in [-0.4, -0.2) is 23.9 Å². The van der Waals surface area contributed by atoms with Crippen molar-refractivity contribution >= 4 is 52.3 Å². The van der Waals surface area contributed by atoms with Crippen LogP contribution in [0.5, 0.6) is 0 Å². The van der Waals surface area contributed by atoms with Crippen LogP contribution in [0, 0.1) is 0 Å². The van der Waals surface area contributed by atoms with E-state index < -0.39 is 0 Å². The lowest BCUT2D eigenvalue weighted by atomic mass is 9.90. The Kier molecular flexibility index (Phi) is 6.17. The summed E-state index contributed by atoms with van der Waals surface area (Å²) in [5.74, 6) is 0.360. The summed E-state index contributed by atoms with van der Waals surface area (Å²) in [5, 5.41) is 2.19. The van der Waals surface area contributed by atoms with Crippen LogP contribution in [0.2, 0.25) is 20.1 Å². The van der Waals surface area contributed by atoms with Gasteiger partial charge < -0.3 is 4.90 Å². The summed E-state index contributed by atoms with van der Waals surface area (Å²) in [4.78, 5) is 14.6. The first-order valence-corrected chi connectivity index (χ1v) is 9.61. The van der Waals surface area contributed by atoms with E-state index >= 15 is 0 Å². The molecule has 1 aliphatic heterocycles. The van der Waals surface area contributed by atoms with Gasteiger partial charge >= 0.3 is 0 Å². The van der Waals surface area contributed by atoms with Crippen LogP contribution in [0.25, 0.3) is 0 Å². The summed E-state index contributed by atoms with van der Waals surface area (Å²) >= 11 is 24.2. The third-order valence-electron chi connectivity index (χ3n) is 4.47. The molecule has 1 heterocycles. The van der Waals surface area contributed by atoms with E-state index in [2.05, 4.69) is 0 Å². The van der Waals surface area contributed by atoms with Crippen LogP contribution in [0.3, 0.4) is 0 Å². The van der Waals surface area contributed by atoms with Crippen LogP contribution >= 0.6 is 46.4 Å². The third kappa shape index (κ3) is 4.83. The van der Waals surface area contributed by atoms with Crippen molar-refractivity contribution in [3.05, 3.63) is 67.6 Å². The fourth-order valence-electron chi connectivity index (χ4n) is 3.24. The highest BCUT2D eigenvalue weighted by molar-refractivity contribution is 6.42. The number of nitrogens with zero attached hydrogens (tertiary/aromatic N) is 1. The molecule has 25 heavy (non-hydrogen) atoms. The molecule has 6 heteroatoms. The van der Waals surface area contributed by atoms with Gasteiger partial charge in [-0.15, -0.1) is 0 Å². The van der Waals surface area contributed by atoms with Crippen molar-refractivity contribution in [1.29, 1.82) is 0 Å². The number of benzene rings is 2. The zero-order valence-electron chi connectivity index (χ0n) is 13.4. The number of piperidine rings is 1. The van der Waals surface area contributed by atoms with Crippen molar-refractivity contribution in [2.75, 3.05) is 13.1 Å². The molecule has 2 aromatic carbocycles. The average Bonchev–Trinajstić information content (AvgIpc) is 2.56. The van der Waals surface area contributed by atoms with Gasteiger partial charge in [-0.05, 0) is 54.3 Å². The minimum absolute atomic E-state index is 0.0862. The van der Waals surface area contributed by atoms with Gasteiger partial charge in [-0.3, -0.25) is 4.79 Å². The van der Waals surface area contributed by atoms with Crippen molar-refractivity contribution in [2.24, 2.45) is 0 Å². The molecule has 0 bridgehead atoms. The van der Waals surface area contributed by atoms with Crippen molar-refractivity contribution in [3.63, 3.8) is 0 Å². The molecule has 2 aromatic rings. The molecule has 0 aromatic heterocycles. The van der Waals surface area contributed by atoms with Crippen LogP contribution < -0.4 is 0 Å². The Hall–Kier alpha value is -0.930. The van der Waals surface area contributed by atoms with Gasteiger partial charge in [-0.2, -0.15) is 0 Å². The number of carbonyl (C=O) groups is 1. The SMILES string of the molecule is O=C(Cc1cc(Cl)cc(Cl)c1)N1CCCC(c2ccc(Cl)c(Cl)c2)C1. The summed E-state index contributed by atoms with van der Waals surface area (Å²) in [5.41, 5.74) is 1.96. The molecule has 2 nitrogen and oxygen atoms in total. The fourth-order valence-corrected chi connectivity index (χ4v) is 4.12. The summed E-state index contributed by atoms with van der Waals surface area (Å²) in [6, 6.07) is 10.9. The third-order valence-corrected chi connectivity index (χ3v) is 5.64. The molecule has 0 saturated carbocycles. The number of carbonyl (C=O) groups excluding carboxylic acids is 1. The number of likely N-dealkylation sites (tertiary alicyclic amines) is 1. The maximum atomic E-state index is 12.7. The number of hydrogen-bond acceptors (Lipinski definition) is 1. The van der Waals surface area contributed by atoms with E-state index in [-0.39, 0.29) is 11.8 Å². The summed E-state index contributed by atoms with van der Waals surface area (Å²) in [6.07, 6.45) is 2.30. The van der Waals surface area contributed by atoms with Gasteiger partial charge in [-0.25, -0.2) is 0 Å². The van der Waals surface area contributed by atoms with E-state index in [9.17, 15) is 4.79 Å². The molecule has 1 unspecified atom stereocenters. The Morgan fingerprint density at radius 1 is 1.00 bits per heavy atom. The normalized spacial score (nSPS) is 17.6. The second-order valence-corrected chi connectivity index (χ2v) is 7.99. The number of rotatable bonds is 3. The van der Waals surface area contributed by atoms with Gasteiger partial charge in [0.2, 0.25) is 5.91 Å². The van der Waals surface area contributed by atoms with Crippen LogP contribution in [-0.2, 0) is 11.2 Å². The van der Waals surface area contributed by atoms with Gasteiger partial charge in [0.05, 0.1) is 16.5 Å². The lowest BCUT2D eigenvalue weighted by Gasteiger charge is -2.33. The molecular weight excluding hydrogens is 400 g/mol. The Bertz CT molecular complexity index is 773. The van der Waals surface area contributed by atoms with E-state index in [1.54, 1.807) is 18.2 Å². The Balaban J connectivity index is 1.69. The zero-order valence-corrected chi connectivity index (χ0v) is 16.5. The maximum Gasteiger partial charge on any atom is 0.227 e. The molecule has 0 N–H and O–H groups in total. The van der Waals surface area contributed by atoms with Crippen LogP contribution in [0.1, 0.15) is 29.9 Å². The van der Waals surface area contributed by atoms with Gasteiger partial charge in [0.15, 0.2) is 0 Å². The highest BCUT2D eigenvalue weighted by Crippen LogP contribution is 2.32. The van der Waals surface area contributed by atoms with Gasteiger partial charge in [-0.1, -0.05) is 52.5 Å². The molecule has 1 saturated heterocycles. The standard InChI is InChI=1S/C19H17Cl4NO/c20-15-6-12(7-16(21)10-15)8-19(25)24-5-1-2-14(11-24)13-3-4-17(22)18(23)9-13/h3-4,6-7,9-10,14H,1-2,5,8,11H2. The molecule has 132 valence electrons. The monoisotopic (exact) mass is 415 g/mol. The predicted molar refractivity (Wildman–Crippen MR) is 105 cm³/mol. The highest BCUT2D eigenvalue weighted by atomic mass is 35.5. The van der Waals surface area contributed by atoms with Crippen molar-refractivity contribution in [1.82, 2.24) is 4.90 Å². The van der Waals surface area contributed by atoms with Crippen LogP contribution in [0.15, 0.2) is 36.4 Å². The average molecular weight is 417 g/mol. The topological polar surface area (TPSA) is 20.3 Å². The van der Waals surface area contributed by atoms with E-state index in [1.165, 1.54) is 0 Å². The fraction of sp³-hybridized carbons (Fsp3) is 0.316. The number of hydrogen-bond donors (Lipinski definition) is 0. The molecule has 0 radical (unpaired) electrons. The molecule has 1 fully saturated rings. The van der Waals surface area contributed by atoms with Crippen molar-refractivity contribution < 1.29 is 4.79 Å². The van der Waals surface area contributed by atoms with Crippen molar-refractivity contribution in [3.8, 4) is 0 Å². The molecule has 1 aliphatic rings. The second kappa shape index (κ2) is 8.18. The van der Waals surface area contributed by atoms with Gasteiger partial charge in [0.25, 0.3) is 0 Å². The Morgan fingerprint density at radius 3 is 2.40 bits per heavy atom. The minimum Gasteiger partial charge on any atom is -0.342 e. The maximum absolute atomic E-state index is 12.7. The van der Waals surface area contributed by atoms with Gasteiger partial charge in [0, 0.05) is 29.1 Å². The highest BCUT2D eigenvalue weighted by Gasteiger charge is 2.25. The molecular formula is C19H17Cl4NO. The summed E-state index contributed by atoms with van der Waals surface area (Å²) < 4.78 is 0. The molecule has 3 rings (SSSR count). The number of amides is 1. The lowest BCUT2D eigenvalue weighted by Crippen LogP contribution is -2.39. The first-order valence-electron chi connectivity index (χ1n) is 8.10. The zero-order chi connectivity index (χ0) is 18.0. The first kappa shape index (κ1) is 18.8. The van der Waals surface area contributed by atoms with Gasteiger partial charge in [0.1, 0.15) is 0 Å². The largest absolute Gasteiger partial charge is 0.342 e. The molecule has 1 amide bonds. The number of halogens is 4. The molecule has 0 aliphatic carbocycles. The Morgan fingerprint density at radius 2 is 1.72 bits per heavy atom. The van der Waals surface area contributed by atoms with E-state index in [4.69, 9.17) is 46.4 Å². The summed E-state index contributed by atoms with van der Waals surface area (Å²) in [6.45, 7) is 1.45. The summed E-state index contributed by atoms with van der Waals surface area (Å²) in [7, 11) is 0. The predicted octanol–water partition coefficient (Wildman–Crippen LogP) is 6.25. The van der Waals surface area contributed by atoms with E-state index in [0.29, 0.717) is 33.1 Å². The van der Waals surface area contributed by atoms with E-state index in [1.807, 2.05) is 23.1 Å². The Labute approximate surface area is 167 Å². The quantitative estimate of drug-likeness (QED) is 0.578. The second-order valence-electron chi connectivity index (χ2n) is 6.31. The van der Waals surface area contributed by atoms with Crippen molar-refractivity contribution in [2.45, 2.75) is 25.2 Å². The van der Waals surface area contributed by atoms with Crippen LogP contribution in [0.4, 0.5) is 0 Å². The first-order chi connectivity index (χ1) is 11.9. The van der Waals surface area contributed by atoms with E-state index in [0.717, 1.165) is 30.5 Å². The lowest BCUT2D eigenvalue weighted by molar-refractivity contribution is -0.131. The molecule has 0 spiro atoms. The molecule has 1 atom stereocenters. The minimum atomic E-state index is 0.0862.